The number of carboxylic acid groups (broad SMARTS) is 1. The molecule has 34 heavy (non-hydrogen) atoms. The van der Waals surface area contributed by atoms with E-state index in [9.17, 15) is 24.3 Å². The summed E-state index contributed by atoms with van der Waals surface area (Å²) >= 11 is 0. The van der Waals surface area contributed by atoms with E-state index in [1.807, 2.05) is 12.1 Å². The highest BCUT2D eigenvalue weighted by Gasteiger charge is 2.41. The molecular formula is C25H25N3O6. The molecule has 1 fully saturated rings. The first kappa shape index (κ1) is 21.9. The Bertz CT molecular complexity index is 1160. The maximum absolute atomic E-state index is 13.0. The summed E-state index contributed by atoms with van der Waals surface area (Å²) in [5.41, 5.74) is 2.25. The van der Waals surface area contributed by atoms with Crippen molar-refractivity contribution in [2.75, 3.05) is 26.2 Å². The van der Waals surface area contributed by atoms with Crippen molar-refractivity contribution in [2.24, 2.45) is 0 Å². The molecule has 9 heteroatoms. The van der Waals surface area contributed by atoms with E-state index >= 15 is 0 Å². The summed E-state index contributed by atoms with van der Waals surface area (Å²) in [6.45, 7) is 2.74. The summed E-state index contributed by atoms with van der Waals surface area (Å²) in [5.74, 6) is -0.337. The van der Waals surface area contributed by atoms with Crippen LogP contribution in [0.5, 0.6) is 5.75 Å². The fraction of sp³-hybridized carbons (Fsp3) is 0.360. The van der Waals surface area contributed by atoms with Gasteiger partial charge in [0.25, 0.3) is 11.8 Å². The lowest BCUT2D eigenvalue weighted by Crippen LogP contribution is -2.46. The molecule has 4 amide bonds. The topological polar surface area (TPSA) is 107 Å². The van der Waals surface area contributed by atoms with Crippen molar-refractivity contribution in [3.05, 3.63) is 64.7 Å². The molecule has 5 rings (SSSR count). The zero-order chi connectivity index (χ0) is 24.0. The molecule has 1 unspecified atom stereocenters. The minimum atomic E-state index is -1.12. The minimum absolute atomic E-state index is 0.0123. The molecule has 1 N–H and O–H groups in total. The number of benzene rings is 2. The maximum Gasteiger partial charge on any atom is 0.407 e. The molecule has 0 aromatic heterocycles. The molecule has 2 atom stereocenters. The van der Waals surface area contributed by atoms with Gasteiger partial charge >= 0.3 is 6.09 Å². The number of nitrogens with zero attached hydrogens (tertiary/aromatic N) is 3. The van der Waals surface area contributed by atoms with Gasteiger partial charge in [-0.05, 0) is 30.2 Å². The predicted octanol–water partition coefficient (Wildman–Crippen LogP) is 2.56. The Balaban J connectivity index is 1.48. The summed E-state index contributed by atoms with van der Waals surface area (Å²) in [5, 5.41) is 9.94. The standard InChI is InChI=1S/C25H25N3O6/c1-15(29)26-11-10-17(13-26)34-21-8-4-5-16-9-12-27(25(32)33)20(22(16)21)14-28-23(30)18-6-2-3-7-19(18)24(28)31/h2-8,17,20H,9-14H2,1H3,(H,32,33)/t17?,20-/m1/s1. The van der Waals surface area contributed by atoms with E-state index in [-0.39, 0.29) is 25.1 Å². The molecule has 2 aromatic carbocycles. The van der Waals surface area contributed by atoms with E-state index in [2.05, 4.69) is 0 Å². The molecule has 0 aliphatic carbocycles. The van der Waals surface area contributed by atoms with Crippen LogP contribution in [0.25, 0.3) is 0 Å². The van der Waals surface area contributed by atoms with Crippen LogP contribution in [0.3, 0.4) is 0 Å². The third kappa shape index (κ3) is 3.67. The predicted molar refractivity (Wildman–Crippen MR) is 121 cm³/mol. The average Bonchev–Trinajstić information content (AvgIpc) is 3.38. The third-order valence-electron chi connectivity index (χ3n) is 6.85. The zero-order valence-electron chi connectivity index (χ0n) is 18.8. The Kier molecular flexibility index (Phi) is 5.47. The van der Waals surface area contributed by atoms with Crippen LogP contribution in [0.1, 0.15) is 51.2 Å². The highest BCUT2D eigenvalue weighted by atomic mass is 16.5. The maximum atomic E-state index is 13.0. The van der Waals surface area contributed by atoms with Crippen molar-refractivity contribution < 1.29 is 29.0 Å². The number of ether oxygens (including phenoxy) is 1. The van der Waals surface area contributed by atoms with Gasteiger partial charge in [0.1, 0.15) is 11.9 Å². The van der Waals surface area contributed by atoms with Crippen molar-refractivity contribution in [3.63, 3.8) is 0 Å². The smallest absolute Gasteiger partial charge is 0.407 e. The highest BCUT2D eigenvalue weighted by Crippen LogP contribution is 2.39. The van der Waals surface area contributed by atoms with Gasteiger partial charge in [0.2, 0.25) is 5.91 Å². The number of imide groups is 1. The summed E-state index contributed by atoms with van der Waals surface area (Å²) in [7, 11) is 0. The lowest BCUT2D eigenvalue weighted by atomic mass is 9.91. The van der Waals surface area contributed by atoms with E-state index in [4.69, 9.17) is 4.74 Å². The van der Waals surface area contributed by atoms with Gasteiger partial charge in [-0.3, -0.25) is 24.2 Å². The molecule has 3 aliphatic heterocycles. The van der Waals surface area contributed by atoms with Gasteiger partial charge in [-0.25, -0.2) is 4.79 Å². The first-order valence-electron chi connectivity index (χ1n) is 11.3. The first-order valence-corrected chi connectivity index (χ1v) is 11.3. The van der Waals surface area contributed by atoms with Crippen LogP contribution >= 0.6 is 0 Å². The number of hydrogen-bond donors (Lipinski definition) is 1. The number of amides is 4. The second-order valence-electron chi connectivity index (χ2n) is 8.83. The molecule has 9 nitrogen and oxygen atoms in total. The van der Waals surface area contributed by atoms with E-state index < -0.39 is 23.9 Å². The largest absolute Gasteiger partial charge is 0.488 e. The van der Waals surface area contributed by atoms with Crippen LogP contribution in [0.2, 0.25) is 0 Å². The van der Waals surface area contributed by atoms with Crippen molar-refractivity contribution in [1.82, 2.24) is 14.7 Å². The lowest BCUT2D eigenvalue weighted by Gasteiger charge is -2.38. The van der Waals surface area contributed by atoms with Crippen molar-refractivity contribution in [1.29, 1.82) is 0 Å². The second kappa shape index (κ2) is 8.48. The summed E-state index contributed by atoms with van der Waals surface area (Å²) in [6.07, 6.45) is -0.155. The van der Waals surface area contributed by atoms with Gasteiger partial charge in [0, 0.05) is 32.0 Å². The molecule has 2 aromatic rings. The average molecular weight is 463 g/mol. The van der Waals surface area contributed by atoms with Gasteiger partial charge in [0.15, 0.2) is 0 Å². The Morgan fingerprint density at radius 1 is 1.03 bits per heavy atom. The summed E-state index contributed by atoms with van der Waals surface area (Å²) < 4.78 is 6.29. The number of hydrogen-bond acceptors (Lipinski definition) is 5. The summed E-state index contributed by atoms with van der Waals surface area (Å²) in [6, 6.07) is 11.4. The van der Waals surface area contributed by atoms with Crippen molar-refractivity contribution >= 4 is 23.8 Å². The number of carbonyl (C=O) groups excluding carboxylic acids is 3. The minimum Gasteiger partial charge on any atom is -0.488 e. The van der Waals surface area contributed by atoms with E-state index in [0.29, 0.717) is 48.4 Å². The molecule has 1 saturated heterocycles. The normalized spacial score (nSPS) is 21.5. The molecule has 3 heterocycles. The number of likely N-dealkylation sites (tertiary alicyclic amines) is 1. The quantitative estimate of drug-likeness (QED) is 0.699. The van der Waals surface area contributed by atoms with E-state index in [1.165, 1.54) is 11.8 Å². The number of carbonyl (C=O) groups is 4. The van der Waals surface area contributed by atoms with Gasteiger partial charge in [-0.2, -0.15) is 0 Å². The summed E-state index contributed by atoms with van der Waals surface area (Å²) in [4.78, 5) is 54.0. The second-order valence-corrected chi connectivity index (χ2v) is 8.83. The number of fused-ring (bicyclic) bond motifs is 2. The van der Waals surface area contributed by atoms with Crippen LogP contribution in [0.15, 0.2) is 42.5 Å². The number of rotatable bonds is 4. The fourth-order valence-corrected chi connectivity index (χ4v) is 5.13. The van der Waals surface area contributed by atoms with E-state index in [1.54, 1.807) is 35.2 Å². The van der Waals surface area contributed by atoms with Crippen LogP contribution in [-0.2, 0) is 11.2 Å². The van der Waals surface area contributed by atoms with Crippen LogP contribution < -0.4 is 4.74 Å². The monoisotopic (exact) mass is 463 g/mol. The Hall–Kier alpha value is -3.88. The molecular weight excluding hydrogens is 438 g/mol. The van der Waals surface area contributed by atoms with Crippen LogP contribution in [-0.4, -0.2) is 75.9 Å². The molecule has 3 aliphatic rings. The van der Waals surface area contributed by atoms with E-state index in [0.717, 1.165) is 10.5 Å². The lowest BCUT2D eigenvalue weighted by molar-refractivity contribution is -0.128. The first-order chi connectivity index (χ1) is 16.3. The SMILES string of the molecule is CC(=O)N1CCC(Oc2cccc3c2[C@@H](CN2C(=O)c4ccccc4C2=O)N(C(=O)O)CC3)C1. The third-order valence-corrected chi connectivity index (χ3v) is 6.85. The molecule has 0 spiro atoms. The molecule has 0 bridgehead atoms. The Morgan fingerprint density at radius 2 is 1.74 bits per heavy atom. The fourth-order valence-electron chi connectivity index (χ4n) is 5.13. The Morgan fingerprint density at radius 3 is 2.35 bits per heavy atom. The highest BCUT2D eigenvalue weighted by molar-refractivity contribution is 6.21. The van der Waals surface area contributed by atoms with Gasteiger partial charge in [-0.15, -0.1) is 0 Å². The molecule has 0 saturated carbocycles. The molecule has 176 valence electrons. The van der Waals surface area contributed by atoms with Crippen LogP contribution in [0.4, 0.5) is 4.79 Å². The van der Waals surface area contributed by atoms with Gasteiger partial charge in [-0.1, -0.05) is 24.3 Å². The van der Waals surface area contributed by atoms with Crippen molar-refractivity contribution in [3.8, 4) is 5.75 Å². The van der Waals surface area contributed by atoms with Crippen molar-refractivity contribution in [2.45, 2.75) is 31.9 Å². The zero-order valence-corrected chi connectivity index (χ0v) is 18.8. The van der Waals surface area contributed by atoms with Gasteiger partial charge in [0.05, 0.1) is 30.3 Å². The Labute approximate surface area is 196 Å². The molecule has 0 radical (unpaired) electrons. The van der Waals surface area contributed by atoms with Crippen LogP contribution in [0, 0.1) is 0 Å². The van der Waals surface area contributed by atoms with Gasteiger partial charge < -0.3 is 14.7 Å².